The number of anilines is 1. The quantitative estimate of drug-likeness (QED) is 0.344. The van der Waals surface area contributed by atoms with Gasteiger partial charge in [0, 0.05) is 36.2 Å². The SMILES string of the molecule is COC(=O)N(C)[C@H]1CC[C@H](CC(=O)Nc2cnc(-c3ccc([C@]4(N)C[C@](C)(O)C4)cc3)c(-c3ccccc3)c2)CC1. The van der Waals surface area contributed by atoms with Crippen LogP contribution < -0.4 is 11.1 Å². The van der Waals surface area contributed by atoms with Crippen LogP contribution in [-0.2, 0) is 15.1 Å². The van der Waals surface area contributed by atoms with Crippen molar-refractivity contribution < 1.29 is 19.4 Å². The van der Waals surface area contributed by atoms with Gasteiger partial charge in [-0.15, -0.1) is 0 Å². The Morgan fingerprint density at radius 1 is 1.05 bits per heavy atom. The molecule has 8 heteroatoms. The average molecular weight is 557 g/mol. The van der Waals surface area contributed by atoms with Gasteiger partial charge >= 0.3 is 6.09 Å². The molecule has 4 N–H and O–H groups in total. The van der Waals surface area contributed by atoms with Crippen LogP contribution in [0.2, 0.25) is 0 Å². The molecule has 0 unspecified atom stereocenters. The minimum Gasteiger partial charge on any atom is -0.453 e. The number of aliphatic hydroxyl groups is 1. The Morgan fingerprint density at radius 3 is 2.32 bits per heavy atom. The van der Waals surface area contributed by atoms with Gasteiger partial charge in [-0.2, -0.15) is 0 Å². The van der Waals surface area contributed by atoms with Crippen molar-refractivity contribution >= 4 is 17.7 Å². The van der Waals surface area contributed by atoms with E-state index in [0.29, 0.717) is 24.9 Å². The summed E-state index contributed by atoms with van der Waals surface area (Å²) in [6.45, 7) is 1.82. The van der Waals surface area contributed by atoms with Crippen molar-refractivity contribution in [3.8, 4) is 22.4 Å². The van der Waals surface area contributed by atoms with E-state index in [1.165, 1.54) is 7.11 Å². The number of amides is 2. The molecule has 0 atom stereocenters. The van der Waals surface area contributed by atoms with E-state index in [-0.39, 0.29) is 24.0 Å². The summed E-state index contributed by atoms with van der Waals surface area (Å²) in [5.74, 6) is 0.249. The van der Waals surface area contributed by atoms with Crippen LogP contribution >= 0.6 is 0 Å². The zero-order chi connectivity index (χ0) is 29.2. The molecule has 2 aliphatic rings. The number of ether oxygens (including phenoxy) is 1. The summed E-state index contributed by atoms with van der Waals surface area (Å²) in [5.41, 5.74) is 10.7. The van der Waals surface area contributed by atoms with Crippen molar-refractivity contribution in [3.05, 3.63) is 72.4 Å². The number of methoxy groups -OCH3 is 1. The van der Waals surface area contributed by atoms with Crippen LogP contribution in [0.3, 0.4) is 0 Å². The third kappa shape index (κ3) is 6.44. The van der Waals surface area contributed by atoms with Gasteiger partial charge in [0.1, 0.15) is 0 Å². The number of nitrogens with one attached hydrogen (secondary N) is 1. The summed E-state index contributed by atoms with van der Waals surface area (Å²) < 4.78 is 4.84. The third-order valence-corrected chi connectivity index (χ3v) is 8.68. The molecule has 2 amide bonds. The first-order valence-corrected chi connectivity index (χ1v) is 14.4. The summed E-state index contributed by atoms with van der Waals surface area (Å²) in [6.07, 6.45) is 6.41. The number of nitrogens with two attached hydrogens (primary N) is 1. The van der Waals surface area contributed by atoms with Crippen molar-refractivity contribution in [2.75, 3.05) is 19.5 Å². The maximum atomic E-state index is 13.0. The molecule has 1 aromatic heterocycles. The molecule has 0 spiro atoms. The predicted octanol–water partition coefficient (Wildman–Crippen LogP) is 5.70. The average Bonchev–Trinajstić information content (AvgIpc) is 2.96. The van der Waals surface area contributed by atoms with Gasteiger partial charge in [-0.1, -0.05) is 54.6 Å². The van der Waals surface area contributed by atoms with Gasteiger partial charge in [0.15, 0.2) is 0 Å². The number of hydrogen-bond donors (Lipinski definition) is 3. The molecule has 41 heavy (non-hydrogen) atoms. The molecule has 1 heterocycles. The lowest BCUT2D eigenvalue weighted by Crippen LogP contribution is -2.58. The van der Waals surface area contributed by atoms with E-state index in [0.717, 1.165) is 53.6 Å². The number of pyridine rings is 1. The molecular weight excluding hydrogens is 516 g/mol. The Balaban J connectivity index is 1.29. The number of carbonyl (C=O) groups is 2. The van der Waals surface area contributed by atoms with Crippen LogP contribution in [0, 0.1) is 5.92 Å². The summed E-state index contributed by atoms with van der Waals surface area (Å²) in [6, 6.07) is 20.3. The van der Waals surface area contributed by atoms with Gasteiger partial charge in [0.2, 0.25) is 5.91 Å². The summed E-state index contributed by atoms with van der Waals surface area (Å²) in [5, 5.41) is 13.3. The zero-order valence-electron chi connectivity index (χ0n) is 24.1. The Kier molecular flexibility index (Phi) is 8.16. The number of rotatable bonds is 7. The van der Waals surface area contributed by atoms with Gasteiger partial charge < -0.3 is 25.8 Å². The van der Waals surface area contributed by atoms with Gasteiger partial charge in [-0.25, -0.2) is 4.79 Å². The Hall–Kier alpha value is -3.75. The van der Waals surface area contributed by atoms with E-state index >= 15 is 0 Å². The highest BCUT2D eigenvalue weighted by molar-refractivity contribution is 5.93. The van der Waals surface area contributed by atoms with Gasteiger partial charge in [-0.05, 0) is 68.6 Å². The third-order valence-electron chi connectivity index (χ3n) is 8.68. The first kappa shape index (κ1) is 28.8. The number of nitrogens with zero attached hydrogens (tertiary/aromatic N) is 2. The summed E-state index contributed by atoms with van der Waals surface area (Å²) in [7, 11) is 3.17. The Morgan fingerprint density at radius 2 is 1.71 bits per heavy atom. The van der Waals surface area contributed by atoms with Crippen LogP contribution in [0.15, 0.2) is 66.9 Å². The van der Waals surface area contributed by atoms with Crippen LogP contribution in [0.1, 0.15) is 57.4 Å². The maximum Gasteiger partial charge on any atom is 0.409 e. The minimum atomic E-state index is -0.712. The Bertz CT molecular complexity index is 1370. The molecule has 3 aromatic rings. The molecule has 0 saturated heterocycles. The zero-order valence-corrected chi connectivity index (χ0v) is 24.1. The standard InChI is InChI=1S/C33H40N4O4/c1-32(40)20-33(34,21-32)25-13-11-24(12-14-25)30-28(23-7-5-4-6-8-23)18-26(19-35-30)36-29(38)17-22-9-15-27(16-10-22)37(2)31(39)41-3/h4-8,11-14,18-19,22,27,40H,9-10,15-17,20-21,34H2,1-3H3,(H,36,38)/t22-,27-,32-,33-. The lowest BCUT2D eigenvalue weighted by molar-refractivity contribution is -0.117. The van der Waals surface area contributed by atoms with Crippen LogP contribution in [0.25, 0.3) is 22.4 Å². The normalized spacial score (nSPS) is 25.6. The maximum absolute atomic E-state index is 13.0. The predicted molar refractivity (Wildman–Crippen MR) is 160 cm³/mol. The van der Waals surface area contributed by atoms with E-state index in [1.54, 1.807) is 18.1 Å². The molecular formula is C33H40N4O4. The lowest BCUT2D eigenvalue weighted by atomic mass is 9.63. The highest BCUT2D eigenvalue weighted by Gasteiger charge is 2.49. The second-order valence-electron chi connectivity index (χ2n) is 12.1. The highest BCUT2D eigenvalue weighted by Crippen LogP contribution is 2.46. The fourth-order valence-electron chi connectivity index (χ4n) is 6.58. The smallest absolute Gasteiger partial charge is 0.409 e. The van der Waals surface area contributed by atoms with E-state index in [1.807, 2.05) is 67.6 Å². The van der Waals surface area contributed by atoms with E-state index < -0.39 is 11.1 Å². The van der Waals surface area contributed by atoms with E-state index in [9.17, 15) is 14.7 Å². The fraction of sp³-hybridized carbons (Fsp3) is 0.424. The summed E-state index contributed by atoms with van der Waals surface area (Å²) >= 11 is 0. The molecule has 0 bridgehead atoms. The second kappa shape index (κ2) is 11.6. The number of carbonyl (C=O) groups excluding carboxylic acids is 2. The largest absolute Gasteiger partial charge is 0.453 e. The number of hydrogen-bond acceptors (Lipinski definition) is 6. The lowest BCUT2D eigenvalue weighted by Gasteiger charge is -2.49. The first-order chi connectivity index (χ1) is 19.6. The molecule has 2 aromatic carbocycles. The van der Waals surface area contributed by atoms with Gasteiger partial charge in [0.05, 0.1) is 30.3 Å². The van der Waals surface area contributed by atoms with Crippen molar-refractivity contribution in [1.29, 1.82) is 0 Å². The molecule has 0 aliphatic heterocycles. The molecule has 2 aliphatic carbocycles. The van der Waals surface area contributed by atoms with Crippen LogP contribution in [0.5, 0.6) is 0 Å². The Labute approximate surface area is 241 Å². The van der Waals surface area contributed by atoms with Crippen molar-refractivity contribution in [2.24, 2.45) is 11.7 Å². The number of benzene rings is 2. The molecule has 0 radical (unpaired) electrons. The molecule has 2 saturated carbocycles. The fourth-order valence-corrected chi connectivity index (χ4v) is 6.58. The minimum absolute atomic E-state index is 0.0303. The molecule has 8 nitrogen and oxygen atoms in total. The second-order valence-corrected chi connectivity index (χ2v) is 12.1. The van der Waals surface area contributed by atoms with Crippen LogP contribution in [-0.4, -0.2) is 52.8 Å². The van der Waals surface area contributed by atoms with Crippen LogP contribution in [0.4, 0.5) is 10.5 Å². The topological polar surface area (TPSA) is 118 Å². The number of aromatic nitrogens is 1. The van der Waals surface area contributed by atoms with Gasteiger partial charge in [-0.3, -0.25) is 9.78 Å². The molecule has 5 rings (SSSR count). The summed E-state index contributed by atoms with van der Waals surface area (Å²) in [4.78, 5) is 31.3. The van der Waals surface area contributed by atoms with Crippen molar-refractivity contribution in [1.82, 2.24) is 9.88 Å². The van der Waals surface area contributed by atoms with Gasteiger partial charge in [0.25, 0.3) is 0 Å². The first-order valence-electron chi connectivity index (χ1n) is 14.4. The highest BCUT2D eigenvalue weighted by atomic mass is 16.5. The van der Waals surface area contributed by atoms with Crippen molar-refractivity contribution in [3.63, 3.8) is 0 Å². The van der Waals surface area contributed by atoms with Crippen molar-refractivity contribution in [2.45, 2.75) is 69.1 Å². The van der Waals surface area contributed by atoms with E-state index in [2.05, 4.69) is 5.32 Å². The van der Waals surface area contributed by atoms with E-state index in [4.69, 9.17) is 15.5 Å². The molecule has 216 valence electrons. The molecule has 2 fully saturated rings. The monoisotopic (exact) mass is 556 g/mol.